The Balaban J connectivity index is 3.68. The van der Waals surface area contributed by atoms with Crippen molar-refractivity contribution in [3.8, 4) is 0 Å². The Morgan fingerprint density at radius 3 is 2.00 bits per heavy atom. The van der Waals surface area contributed by atoms with Crippen LogP contribution >= 0.6 is 50.1 Å². The summed E-state index contributed by atoms with van der Waals surface area (Å²) in [4.78, 5) is 0. The molecule has 0 aliphatic carbocycles. The molecule has 0 amide bonds. The monoisotopic (exact) mass is 284 g/mol. The quantitative estimate of drug-likeness (QED) is 0.600. The first kappa shape index (κ1) is 7.17. The maximum atomic E-state index is 11.4. The first-order valence-electron chi connectivity index (χ1n) is 1.01. The Labute approximate surface area is 62.0 Å². The van der Waals surface area contributed by atoms with Crippen LogP contribution in [0.5, 0.6) is 0 Å². The van der Waals surface area contributed by atoms with Crippen molar-refractivity contribution in [1.29, 1.82) is 0 Å². The van der Waals surface area contributed by atoms with Gasteiger partial charge in [-0.15, -0.1) is 0 Å². The van der Waals surface area contributed by atoms with Crippen molar-refractivity contribution < 1.29 is 4.39 Å². The van der Waals surface area contributed by atoms with Gasteiger partial charge in [0.1, 0.15) is 2.49 Å². The van der Waals surface area contributed by atoms with Crippen molar-refractivity contribution >= 4 is 50.1 Å². The highest BCUT2D eigenvalue weighted by Crippen LogP contribution is 2.22. The lowest BCUT2D eigenvalue weighted by Crippen LogP contribution is -1.48. The molecule has 0 aromatic carbocycles. The average molecular weight is 285 g/mol. The first-order chi connectivity index (χ1) is 2.64. The minimum Gasteiger partial charge on any atom is -0.192 e. The van der Waals surface area contributed by atoms with Crippen molar-refractivity contribution in [3.63, 3.8) is 0 Å². The van der Waals surface area contributed by atoms with E-state index in [9.17, 15) is 4.39 Å². The van der Waals surface area contributed by atoms with E-state index in [1.807, 2.05) is 0 Å². The molecule has 0 unspecified atom stereocenters. The lowest BCUT2D eigenvalue weighted by atomic mass is 11.2. The fourth-order valence-electron chi connectivity index (χ4n) is 0. The van der Waals surface area contributed by atoms with Gasteiger partial charge in [-0.1, -0.05) is 0 Å². The molecule has 0 atom stereocenters. The normalized spacial score (nSPS) is 14.0. The van der Waals surface area contributed by atoms with E-state index in [0.29, 0.717) is 2.49 Å². The van der Waals surface area contributed by atoms with Crippen LogP contribution in [0.3, 0.4) is 0 Å². The van der Waals surface area contributed by atoms with Crippen LogP contribution in [0, 0.1) is 0 Å². The second-order valence-corrected chi connectivity index (χ2v) is 4.21. The van der Waals surface area contributed by atoms with Gasteiger partial charge in [-0.05, 0) is 50.1 Å². The van der Waals surface area contributed by atoms with E-state index in [1.54, 1.807) is 22.6 Å². The topological polar surface area (TPSA) is 0 Å². The molecular formula is C2BrClFI. The van der Waals surface area contributed by atoms with Crippen molar-refractivity contribution in [3.05, 3.63) is 7.78 Å². The third-order valence-corrected chi connectivity index (χ3v) is 1.70. The molecule has 4 heteroatoms. The van der Waals surface area contributed by atoms with E-state index in [-0.39, 0.29) is 0 Å². The van der Waals surface area contributed by atoms with Gasteiger partial charge in [0.25, 0.3) is 0 Å². The summed E-state index contributed by atoms with van der Waals surface area (Å²) < 4.78 is 11.7. The van der Waals surface area contributed by atoms with Crippen LogP contribution in [0.2, 0.25) is 0 Å². The van der Waals surface area contributed by atoms with Gasteiger partial charge in [0, 0.05) is 0 Å². The number of halogens is 4. The number of rotatable bonds is 0. The Kier molecular flexibility index (Phi) is 3.83. The van der Waals surface area contributed by atoms with Gasteiger partial charge >= 0.3 is 0 Å². The summed E-state index contributed by atoms with van der Waals surface area (Å²) in [6, 6.07) is 0. The fourth-order valence-corrected chi connectivity index (χ4v) is 0. The summed E-state index contributed by atoms with van der Waals surface area (Å²) in [6.45, 7) is 0. The maximum absolute atomic E-state index is 11.4. The molecule has 6 heavy (non-hydrogen) atoms. The average Bonchev–Trinajstić information content (AvgIpc) is 1.36. The zero-order valence-electron chi connectivity index (χ0n) is 2.51. The standard InChI is InChI=1S/C2BrClFI/c3-1(6)2(4)5. The van der Waals surface area contributed by atoms with Crippen LogP contribution in [0.1, 0.15) is 0 Å². The zero-order chi connectivity index (χ0) is 5.15. The summed E-state index contributed by atoms with van der Waals surface area (Å²) in [6.07, 6.45) is 0. The predicted octanol–water partition coefficient (Wildman–Crippen LogP) is 3.15. The highest BCUT2D eigenvalue weighted by Gasteiger charge is 1.89. The third-order valence-electron chi connectivity index (χ3n) is 0.143. The van der Waals surface area contributed by atoms with Crippen LogP contribution in [0.4, 0.5) is 4.39 Å². The largest absolute Gasteiger partial charge is 0.209 e. The molecule has 36 valence electrons. The predicted molar refractivity (Wildman–Crippen MR) is 36.9 cm³/mol. The maximum Gasteiger partial charge on any atom is 0.209 e. The molecule has 0 saturated carbocycles. The summed E-state index contributed by atoms with van der Waals surface area (Å²) in [5.74, 6) is 0. The van der Waals surface area contributed by atoms with E-state index in [0.717, 1.165) is 0 Å². The highest BCUT2D eigenvalue weighted by molar-refractivity contribution is 14.1. The Morgan fingerprint density at radius 1 is 1.83 bits per heavy atom. The van der Waals surface area contributed by atoms with Gasteiger partial charge in [-0.2, -0.15) is 4.39 Å². The SMILES string of the molecule is FC(Cl)=C(Br)I. The van der Waals surface area contributed by atoms with E-state index in [1.165, 1.54) is 0 Å². The van der Waals surface area contributed by atoms with Crippen molar-refractivity contribution in [1.82, 2.24) is 0 Å². The van der Waals surface area contributed by atoms with Crippen LogP contribution in [-0.2, 0) is 0 Å². The lowest BCUT2D eigenvalue weighted by Gasteiger charge is -1.75. The smallest absolute Gasteiger partial charge is 0.192 e. The van der Waals surface area contributed by atoms with E-state index in [2.05, 4.69) is 15.9 Å². The van der Waals surface area contributed by atoms with Gasteiger partial charge < -0.3 is 0 Å². The van der Waals surface area contributed by atoms with Crippen molar-refractivity contribution in [2.24, 2.45) is 0 Å². The second-order valence-electron chi connectivity index (χ2n) is 0.521. The molecule has 0 aromatic heterocycles. The first-order valence-corrected chi connectivity index (χ1v) is 3.26. The molecule has 0 aliphatic heterocycles. The number of hydrogen-bond acceptors (Lipinski definition) is 0. The highest BCUT2D eigenvalue weighted by atomic mass is 127. The van der Waals surface area contributed by atoms with Gasteiger partial charge in [-0.25, -0.2) is 0 Å². The molecule has 0 N–H and O–H groups in total. The number of hydrogen-bond donors (Lipinski definition) is 0. The zero-order valence-corrected chi connectivity index (χ0v) is 7.01. The molecule has 0 heterocycles. The van der Waals surface area contributed by atoms with Crippen molar-refractivity contribution in [2.75, 3.05) is 0 Å². The van der Waals surface area contributed by atoms with Crippen molar-refractivity contribution in [2.45, 2.75) is 0 Å². The molecule has 0 nitrogen and oxygen atoms in total. The minimum absolute atomic E-state index is 0.307. The Hall–Kier alpha value is 1.17. The summed E-state index contributed by atoms with van der Waals surface area (Å²) >= 11 is 9.29. The molecule has 0 bridgehead atoms. The second kappa shape index (κ2) is 3.21. The third kappa shape index (κ3) is 3.36. The van der Waals surface area contributed by atoms with E-state index < -0.39 is 5.29 Å². The van der Waals surface area contributed by atoms with Gasteiger partial charge in [0.2, 0.25) is 5.29 Å². The van der Waals surface area contributed by atoms with Gasteiger partial charge in [-0.3, -0.25) is 0 Å². The van der Waals surface area contributed by atoms with Crippen LogP contribution in [-0.4, -0.2) is 0 Å². The molecule has 0 radical (unpaired) electrons. The van der Waals surface area contributed by atoms with E-state index in [4.69, 9.17) is 11.6 Å². The fraction of sp³-hybridized carbons (Fsp3) is 0. The van der Waals surface area contributed by atoms with Gasteiger partial charge in [0.15, 0.2) is 0 Å². The van der Waals surface area contributed by atoms with Gasteiger partial charge in [0.05, 0.1) is 0 Å². The lowest BCUT2D eigenvalue weighted by molar-refractivity contribution is 0.697. The molecule has 0 fully saturated rings. The van der Waals surface area contributed by atoms with Crippen LogP contribution in [0.25, 0.3) is 0 Å². The molecule has 0 aliphatic rings. The summed E-state index contributed by atoms with van der Waals surface area (Å²) in [5, 5.41) is -0.699. The van der Waals surface area contributed by atoms with Crippen LogP contribution < -0.4 is 0 Å². The summed E-state index contributed by atoms with van der Waals surface area (Å²) in [7, 11) is 0. The Morgan fingerprint density at radius 2 is 2.00 bits per heavy atom. The molecule has 0 saturated heterocycles. The molecular weight excluding hydrogens is 285 g/mol. The summed E-state index contributed by atoms with van der Waals surface area (Å²) in [5.41, 5.74) is 0. The Bertz CT molecular complexity index is 63.6. The van der Waals surface area contributed by atoms with Crippen LogP contribution in [0.15, 0.2) is 7.78 Å². The molecule has 0 aromatic rings. The molecule has 0 spiro atoms. The minimum atomic E-state index is -0.699. The molecule has 0 rings (SSSR count). The van der Waals surface area contributed by atoms with E-state index >= 15 is 0 Å².